The van der Waals surface area contributed by atoms with Crippen LogP contribution in [0.2, 0.25) is 0 Å². The number of benzene rings is 1. The van der Waals surface area contributed by atoms with Crippen LogP contribution in [0.1, 0.15) is 65.4 Å². The zero-order valence-corrected chi connectivity index (χ0v) is 18.4. The van der Waals surface area contributed by atoms with Gasteiger partial charge in [0.1, 0.15) is 11.5 Å². The van der Waals surface area contributed by atoms with Crippen LogP contribution in [0.5, 0.6) is 5.75 Å². The predicted molar refractivity (Wildman–Crippen MR) is 113 cm³/mol. The van der Waals surface area contributed by atoms with Gasteiger partial charge in [-0.3, -0.25) is 4.79 Å². The maximum atomic E-state index is 12.7. The van der Waals surface area contributed by atoms with Crippen molar-refractivity contribution in [3.63, 3.8) is 0 Å². The van der Waals surface area contributed by atoms with Gasteiger partial charge < -0.3 is 4.84 Å². The average Bonchev–Trinajstić information content (AvgIpc) is 2.66. The molecule has 158 valence electrons. The van der Waals surface area contributed by atoms with E-state index in [0.717, 1.165) is 31.2 Å². The molecule has 1 unspecified atom stereocenters. The molecule has 1 saturated carbocycles. The zero-order valence-electron chi connectivity index (χ0n) is 17.6. The largest absolute Gasteiger partial charge is 0.409 e. The molecule has 2 rings (SSSR count). The highest BCUT2D eigenvalue weighted by Crippen LogP contribution is 2.32. The van der Waals surface area contributed by atoms with Crippen molar-refractivity contribution < 1.29 is 18.0 Å². The van der Waals surface area contributed by atoms with Crippen molar-refractivity contribution in [3.8, 4) is 5.75 Å². The molecular weight excluding hydrogens is 374 g/mol. The molecule has 1 fully saturated rings. The number of sulfone groups is 1. The highest BCUT2D eigenvalue weighted by Gasteiger charge is 2.30. The second kappa shape index (κ2) is 10.4. The molecular formula is C22H35NO4S. The molecule has 0 spiro atoms. The van der Waals surface area contributed by atoms with Crippen LogP contribution in [0.4, 0.5) is 0 Å². The van der Waals surface area contributed by atoms with Gasteiger partial charge in [0, 0.05) is 18.4 Å². The molecule has 0 bridgehead atoms. The normalized spacial score (nSPS) is 21.5. The Balaban J connectivity index is 1.85. The Morgan fingerprint density at radius 2 is 1.86 bits per heavy atom. The molecule has 6 heteroatoms. The first kappa shape index (κ1) is 22.9. The third-order valence-electron chi connectivity index (χ3n) is 5.65. The number of carbonyl (C=O) groups is 1. The molecule has 0 amide bonds. The molecule has 1 aliphatic rings. The molecule has 0 radical (unpaired) electrons. The molecule has 0 aliphatic heterocycles. The van der Waals surface area contributed by atoms with Crippen LogP contribution in [-0.4, -0.2) is 31.2 Å². The summed E-state index contributed by atoms with van der Waals surface area (Å²) in [6.45, 7) is 7.70. The minimum atomic E-state index is -3.02. The topological polar surface area (TPSA) is 72.5 Å². The van der Waals surface area contributed by atoms with E-state index in [2.05, 4.69) is 5.48 Å². The monoisotopic (exact) mass is 409 g/mol. The summed E-state index contributed by atoms with van der Waals surface area (Å²) in [7, 11) is -3.02. The molecule has 1 aliphatic carbocycles. The zero-order chi connectivity index (χ0) is 20.7. The predicted octanol–water partition coefficient (Wildman–Crippen LogP) is 4.11. The van der Waals surface area contributed by atoms with Gasteiger partial charge in [0.2, 0.25) is 0 Å². The molecule has 1 aromatic carbocycles. The number of nitrogens with one attached hydrogen (secondary N) is 1. The van der Waals surface area contributed by atoms with Crippen LogP contribution in [-0.2, 0) is 21.1 Å². The Morgan fingerprint density at radius 3 is 2.46 bits per heavy atom. The first-order valence-corrected chi connectivity index (χ1v) is 12.2. The van der Waals surface area contributed by atoms with Gasteiger partial charge in [-0.15, -0.1) is 0 Å². The first-order valence-electron chi connectivity index (χ1n) is 10.5. The molecule has 0 aromatic heterocycles. The van der Waals surface area contributed by atoms with Crippen LogP contribution in [0.25, 0.3) is 0 Å². The molecule has 5 nitrogen and oxygen atoms in total. The molecule has 1 aromatic rings. The van der Waals surface area contributed by atoms with E-state index >= 15 is 0 Å². The molecule has 0 saturated heterocycles. The second-order valence-electron chi connectivity index (χ2n) is 8.43. The van der Waals surface area contributed by atoms with E-state index in [1.54, 1.807) is 6.92 Å². The van der Waals surface area contributed by atoms with Crippen molar-refractivity contribution in [1.29, 1.82) is 0 Å². The number of Topliss-reactive ketones (excluding diaryl/α,β-unsaturated/α-hetero) is 1. The average molecular weight is 410 g/mol. The lowest BCUT2D eigenvalue weighted by Gasteiger charge is -2.28. The van der Waals surface area contributed by atoms with Crippen molar-refractivity contribution in [3.05, 3.63) is 29.8 Å². The summed E-state index contributed by atoms with van der Waals surface area (Å²) in [6, 6.07) is 7.83. The molecule has 0 heterocycles. The number of rotatable bonds is 10. The Hall–Kier alpha value is -1.40. The van der Waals surface area contributed by atoms with Gasteiger partial charge >= 0.3 is 0 Å². The molecule has 28 heavy (non-hydrogen) atoms. The van der Waals surface area contributed by atoms with E-state index in [4.69, 9.17) is 4.84 Å². The van der Waals surface area contributed by atoms with Gasteiger partial charge in [0.05, 0.1) is 11.0 Å². The lowest BCUT2D eigenvalue weighted by Crippen LogP contribution is -2.30. The van der Waals surface area contributed by atoms with E-state index in [1.807, 2.05) is 45.0 Å². The Kier molecular flexibility index (Phi) is 8.50. The summed E-state index contributed by atoms with van der Waals surface area (Å²) in [5, 5.41) is -0.272. The highest BCUT2D eigenvalue weighted by molar-refractivity contribution is 7.92. The first-order chi connectivity index (χ1) is 13.2. The third kappa shape index (κ3) is 6.89. The number of hydroxylamine groups is 1. The Labute approximate surface area is 170 Å². The lowest BCUT2D eigenvalue weighted by molar-refractivity contribution is -0.123. The Morgan fingerprint density at radius 1 is 1.18 bits per heavy atom. The summed E-state index contributed by atoms with van der Waals surface area (Å²) >= 11 is 0. The van der Waals surface area contributed by atoms with Crippen LogP contribution >= 0.6 is 0 Å². The van der Waals surface area contributed by atoms with Crippen LogP contribution in [0.15, 0.2) is 24.3 Å². The van der Waals surface area contributed by atoms with Gasteiger partial charge in [-0.1, -0.05) is 19.1 Å². The molecule has 1 N–H and O–H groups in total. The van der Waals surface area contributed by atoms with Crippen molar-refractivity contribution in [2.75, 3.05) is 5.75 Å². The maximum Gasteiger partial charge on any atom is 0.153 e. The fourth-order valence-electron chi connectivity index (χ4n) is 3.65. The smallest absolute Gasteiger partial charge is 0.153 e. The lowest BCUT2D eigenvalue weighted by atomic mass is 9.79. The van der Waals surface area contributed by atoms with Gasteiger partial charge in [0.25, 0.3) is 0 Å². The van der Waals surface area contributed by atoms with Crippen LogP contribution < -0.4 is 10.3 Å². The number of hydrogen-bond donors (Lipinski definition) is 1. The Bertz CT molecular complexity index is 737. The number of carbonyl (C=O) groups excluding carboxylic acids is 1. The van der Waals surface area contributed by atoms with Crippen LogP contribution in [0, 0.1) is 11.8 Å². The summed E-state index contributed by atoms with van der Waals surface area (Å²) in [5.74, 6) is 1.46. The maximum absolute atomic E-state index is 12.7. The van der Waals surface area contributed by atoms with Crippen molar-refractivity contribution in [2.45, 2.75) is 77.5 Å². The SMILES string of the molecule is CCC(C)S(=O)(=O)CC1CCC(C(=O)Cc2cccc(ONC(C)C)c2)CC1. The minimum absolute atomic E-state index is 0.0425. The van der Waals surface area contributed by atoms with Crippen LogP contribution in [0.3, 0.4) is 0 Å². The van der Waals surface area contributed by atoms with E-state index in [1.165, 1.54) is 0 Å². The molecule has 1 atom stereocenters. The van der Waals surface area contributed by atoms with Gasteiger partial charge in [-0.05, 0) is 76.5 Å². The summed E-state index contributed by atoms with van der Waals surface area (Å²) < 4.78 is 24.7. The summed E-state index contributed by atoms with van der Waals surface area (Å²) in [5.41, 5.74) is 3.86. The summed E-state index contributed by atoms with van der Waals surface area (Å²) in [4.78, 5) is 18.2. The van der Waals surface area contributed by atoms with E-state index < -0.39 is 9.84 Å². The van der Waals surface area contributed by atoms with E-state index in [0.29, 0.717) is 18.6 Å². The minimum Gasteiger partial charge on any atom is -0.409 e. The van der Waals surface area contributed by atoms with Crippen molar-refractivity contribution in [2.24, 2.45) is 11.8 Å². The fraction of sp³-hybridized carbons (Fsp3) is 0.682. The van der Waals surface area contributed by atoms with Crippen molar-refractivity contribution in [1.82, 2.24) is 5.48 Å². The van der Waals surface area contributed by atoms with Gasteiger partial charge in [-0.25, -0.2) is 8.42 Å². The second-order valence-corrected chi connectivity index (χ2v) is 10.9. The standard InChI is InChI=1S/C22H35NO4S/c1-5-17(4)28(25,26)15-18-9-11-20(12-10-18)22(24)14-19-7-6-8-21(13-19)27-23-16(2)3/h6-8,13,16-18,20,23H,5,9-12,14-15H2,1-4H3. The van der Waals surface area contributed by atoms with E-state index in [-0.39, 0.29) is 34.7 Å². The number of hydrogen-bond acceptors (Lipinski definition) is 5. The van der Waals surface area contributed by atoms with Gasteiger partial charge in [0.15, 0.2) is 9.84 Å². The van der Waals surface area contributed by atoms with E-state index in [9.17, 15) is 13.2 Å². The summed E-state index contributed by atoms with van der Waals surface area (Å²) in [6.07, 6.45) is 4.31. The van der Waals surface area contributed by atoms with Crippen molar-refractivity contribution >= 4 is 15.6 Å². The highest BCUT2D eigenvalue weighted by atomic mass is 32.2. The quantitative estimate of drug-likeness (QED) is 0.589. The van der Waals surface area contributed by atoms with Gasteiger partial charge in [-0.2, -0.15) is 5.48 Å². The number of ketones is 1. The fourth-order valence-corrected chi connectivity index (χ4v) is 5.47. The third-order valence-corrected chi connectivity index (χ3v) is 8.14.